The van der Waals surface area contributed by atoms with Crippen molar-refractivity contribution in [2.75, 3.05) is 20.6 Å². The lowest BCUT2D eigenvalue weighted by atomic mass is 10.0. The third-order valence-corrected chi connectivity index (χ3v) is 3.97. The van der Waals surface area contributed by atoms with E-state index in [1.54, 1.807) is 6.07 Å². The zero-order chi connectivity index (χ0) is 14.3. The third-order valence-electron chi connectivity index (χ3n) is 3.97. The van der Waals surface area contributed by atoms with Gasteiger partial charge in [-0.05, 0) is 46.0 Å². The molecule has 2 nitrogen and oxygen atoms in total. The number of hydrogen-bond donors (Lipinski definition) is 1. The Balaban J connectivity index is 2.61. The molecule has 0 aliphatic carbocycles. The summed E-state index contributed by atoms with van der Waals surface area (Å²) < 4.78 is 13.8. The highest BCUT2D eigenvalue weighted by atomic mass is 19.1. The van der Waals surface area contributed by atoms with Crippen molar-refractivity contribution >= 4 is 0 Å². The molecule has 1 unspecified atom stereocenters. The Morgan fingerprint density at radius 3 is 2.37 bits per heavy atom. The molecule has 0 aliphatic heterocycles. The first-order chi connectivity index (χ1) is 9.13. The number of hydrogen-bond acceptors (Lipinski definition) is 2. The molecule has 0 radical (unpaired) electrons. The van der Waals surface area contributed by atoms with E-state index in [2.05, 4.69) is 31.1 Å². The number of nitrogens with zero attached hydrogens (tertiary/aromatic N) is 1. The maximum absolute atomic E-state index is 13.8. The lowest BCUT2D eigenvalue weighted by molar-refractivity contribution is 0.218. The van der Waals surface area contributed by atoms with E-state index in [-0.39, 0.29) is 11.9 Å². The van der Waals surface area contributed by atoms with Crippen LogP contribution in [0.2, 0.25) is 0 Å². The summed E-state index contributed by atoms with van der Waals surface area (Å²) in [7, 11) is 4.06. The van der Waals surface area contributed by atoms with E-state index in [4.69, 9.17) is 0 Å². The highest BCUT2D eigenvalue weighted by Crippen LogP contribution is 2.20. The zero-order valence-corrected chi connectivity index (χ0v) is 12.6. The molecule has 0 saturated carbocycles. The molecular formula is C16H27FN2. The smallest absolute Gasteiger partial charge is 0.127 e. The van der Waals surface area contributed by atoms with Gasteiger partial charge in [0.15, 0.2) is 0 Å². The predicted molar refractivity (Wildman–Crippen MR) is 79.8 cm³/mol. The molecule has 1 rings (SSSR count). The molecule has 1 atom stereocenters. The molecule has 0 saturated heterocycles. The summed E-state index contributed by atoms with van der Waals surface area (Å²) in [6.07, 6.45) is 3.25. The molecule has 1 aromatic rings. The average Bonchev–Trinajstić information content (AvgIpc) is 2.42. The second-order valence-corrected chi connectivity index (χ2v) is 5.10. The minimum Gasteiger partial charge on any atom is -0.313 e. The molecule has 0 aliphatic rings. The van der Waals surface area contributed by atoms with Crippen LogP contribution in [0.1, 0.15) is 44.7 Å². The Hall–Kier alpha value is -0.930. The van der Waals surface area contributed by atoms with E-state index < -0.39 is 0 Å². The fraction of sp³-hybridized carbons (Fsp3) is 0.625. The summed E-state index contributed by atoms with van der Waals surface area (Å²) >= 11 is 0. The average molecular weight is 266 g/mol. The minimum atomic E-state index is -0.118. The molecule has 3 heteroatoms. The Morgan fingerprint density at radius 1 is 1.21 bits per heavy atom. The van der Waals surface area contributed by atoms with Gasteiger partial charge in [-0.3, -0.25) is 0 Å². The molecule has 0 aromatic heterocycles. The molecule has 0 spiro atoms. The van der Waals surface area contributed by atoms with Crippen LogP contribution >= 0.6 is 0 Å². The summed E-state index contributed by atoms with van der Waals surface area (Å²) in [6.45, 7) is 5.42. The maximum atomic E-state index is 13.8. The number of rotatable bonds is 8. The Kier molecular flexibility index (Phi) is 7.03. The highest BCUT2D eigenvalue weighted by Gasteiger charge is 2.16. The fourth-order valence-electron chi connectivity index (χ4n) is 2.64. The molecule has 0 amide bonds. The van der Waals surface area contributed by atoms with Gasteiger partial charge in [-0.1, -0.05) is 32.0 Å². The van der Waals surface area contributed by atoms with Crippen LogP contribution in [0.15, 0.2) is 24.3 Å². The number of nitrogens with one attached hydrogen (secondary N) is 1. The van der Waals surface area contributed by atoms with Gasteiger partial charge >= 0.3 is 0 Å². The Labute approximate surface area is 117 Å². The predicted octanol–water partition coefficient (Wildman–Crippen LogP) is 3.60. The van der Waals surface area contributed by atoms with E-state index in [1.165, 1.54) is 6.07 Å². The van der Waals surface area contributed by atoms with Crippen molar-refractivity contribution in [3.8, 4) is 0 Å². The van der Waals surface area contributed by atoms with E-state index >= 15 is 0 Å². The molecule has 1 aromatic carbocycles. The monoisotopic (exact) mass is 266 g/mol. The maximum Gasteiger partial charge on any atom is 0.127 e. The second-order valence-electron chi connectivity index (χ2n) is 5.10. The second kappa shape index (κ2) is 8.28. The normalized spacial score (nSPS) is 13.2. The summed E-state index contributed by atoms with van der Waals surface area (Å²) in [5, 5.41) is 3.22. The van der Waals surface area contributed by atoms with E-state index in [0.717, 1.165) is 31.4 Å². The van der Waals surface area contributed by atoms with Gasteiger partial charge in [-0.2, -0.15) is 0 Å². The SMILES string of the molecule is CCC(CC)N(C)CCC(NC)c1ccccc1F. The summed E-state index contributed by atoms with van der Waals surface area (Å²) in [6, 6.07) is 7.74. The van der Waals surface area contributed by atoms with Crippen LogP contribution in [0.25, 0.3) is 0 Å². The van der Waals surface area contributed by atoms with Crippen LogP contribution in [0.3, 0.4) is 0 Å². The van der Waals surface area contributed by atoms with Crippen molar-refractivity contribution in [2.24, 2.45) is 0 Å². The van der Waals surface area contributed by atoms with Gasteiger partial charge in [0.1, 0.15) is 5.82 Å². The zero-order valence-electron chi connectivity index (χ0n) is 12.6. The Bertz CT molecular complexity index is 364. The largest absolute Gasteiger partial charge is 0.313 e. The standard InChI is InChI=1S/C16H27FN2/c1-5-13(6-2)19(4)12-11-16(18-3)14-9-7-8-10-15(14)17/h7-10,13,16,18H,5-6,11-12H2,1-4H3. The van der Waals surface area contributed by atoms with Gasteiger partial charge in [0, 0.05) is 17.6 Å². The van der Waals surface area contributed by atoms with Crippen LogP contribution in [0.5, 0.6) is 0 Å². The van der Waals surface area contributed by atoms with E-state index in [1.807, 2.05) is 19.2 Å². The first-order valence-corrected chi connectivity index (χ1v) is 7.25. The third kappa shape index (κ3) is 4.59. The molecule has 108 valence electrons. The van der Waals surface area contributed by atoms with Gasteiger partial charge in [0.25, 0.3) is 0 Å². The number of benzene rings is 1. The summed E-state index contributed by atoms with van der Waals surface area (Å²) in [5.41, 5.74) is 0.767. The van der Waals surface area contributed by atoms with Crippen molar-refractivity contribution in [2.45, 2.75) is 45.2 Å². The van der Waals surface area contributed by atoms with Crippen molar-refractivity contribution in [3.05, 3.63) is 35.6 Å². The molecular weight excluding hydrogens is 239 g/mol. The van der Waals surface area contributed by atoms with Gasteiger partial charge < -0.3 is 10.2 Å². The van der Waals surface area contributed by atoms with E-state index in [0.29, 0.717) is 6.04 Å². The fourth-order valence-corrected chi connectivity index (χ4v) is 2.64. The van der Waals surface area contributed by atoms with Gasteiger partial charge in [0.2, 0.25) is 0 Å². The molecule has 0 fully saturated rings. The van der Waals surface area contributed by atoms with Crippen molar-refractivity contribution in [1.29, 1.82) is 0 Å². The highest BCUT2D eigenvalue weighted by molar-refractivity contribution is 5.21. The summed E-state index contributed by atoms with van der Waals surface area (Å²) in [4.78, 5) is 2.38. The first-order valence-electron chi connectivity index (χ1n) is 7.25. The van der Waals surface area contributed by atoms with Crippen molar-refractivity contribution < 1.29 is 4.39 Å². The molecule has 0 heterocycles. The molecule has 19 heavy (non-hydrogen) atoms. The first kappa shape index (κ1) is 16.1. The topological polar surface area (TPSA) is 15.3 Å². The van der Waals surface area contributed by atoms with Crippen molar-refractivity contribution in [3.63, 3.8) is 0 Å². The van der Waals surface area contributed by atoms with Crippen LogP contribution in [-0.4, -0.2) is 31.6 Å². The lowest BCUT2D eigenvalue weighted by Crippen LogP contribution is -2.33. The van der Waals surface area contributed by atoms with Gasteiger partial charge in [-0.15, -0.1) is 0 Å². The van der Waals surface area contributed by atoms with Gasteiger partial charge in [-0.25, -0.2) is 4.39 Å². The van der Waals surface area contributed by atoms with Crippen LogP contribution in [0, 0.1) is 5.82 Å². The quantitative estimate of drug-likeness (QED) is 0.773. The Morgan fingerprint density at radius 2 is 1.84 bits per heavy atom. The van der Waals surface area contributed by atoms with Crippen LogP contribution in [-0.2, 0) is 0 Å². The molecule has 1 N–H and O–H groups in total. The number of halogens is 1. The van der Waals surface area contributed by atoms with Crippen LogP contribution in [0.4, 0.5) is 4.39 Å². The van der Waals surface area contributed by atoms with E-state index in [9.17, 15) is 4.39 Å². The van der Waals surface area contributed by atoms with Crippen LogP contribution < -0.4 is 5.32 Å². The van der Waals surface area contributed by atoms with Crippen molar-refractivity contribution in [1.82, 2.24) is 10.2 Å². The minimum absolute atomic E-state index is 0.0815. The molecule has 0 bridgehead atoms. The lowest BCUT2D eigenvalue weighted by Gasteiger charge is -2.28. The summed E-state index contributed by atoms with van der Waals surface area (Å²) in [5.74, 6) is -0.118. The van der Waals surface area contributed by atoms with Gasteiger partial charge in [0.05, 0.1) is 0 Å².